The Morgan fingerprint density at radius 3 is 2.67 bits per heavy atom. The minimum Gasteiger partial charge on any atom is -0.352 e. The van der Waals surface area contributed by atoms with Crippen molar-refractivity contribution in [2.24, 2.45) is 5.92 Å². The maximum absolute atomic E-state index is 11.9. The van der Waals surface area contributed by atoms with E-state index in [-0.39, 0.29) is 18.0 Å². The lowest BCUT2D eigenvalue weighted by molar-refractivity contribution is -0.126. The molecule has 15 heavy (non-hydrogen) atoms. The van der Waals surface area contributed by atoms with Crippen LogP contribution < -0.4 is 5.32 Å². The third-order valence-electron chi connectivity index (χ3n) is 3.69. The van der Waals surface area contributed by atoms with Gasteiger partial charge in [-0.15, -0.1) is 0 Å². The number of hydrogen-bond acceptors (Lipinski definition) is 2. The molecular formula is C12H24N2O. The van der Waals surface area contributed by atoms with Gasteiger partial charge in [0.15, 0.2) is 0 Å². The second-order valence-corrected chi connectivity index (χ2v) is 4.82. The Bertz CT molecular complexity index is 218. The minimum absolute atomic E-state index is 0.108. The monoisotopic (exact) mass is 212 g/mol. The molecule has 0 aromatic heterocycles. The Balaban J connectivity index is 2.41. The van der Waals surface area contributed by atoms with E-state index in [2.05, 4.69) is 31.0 Å². The molecule has 1 saturated heterocycles. The standard InChI is InChI=1S/C12H24N2O/c1-5-9(2)10(3)13-12(15)11-7-6-8-14(11)4/h9-11H,5-8H2,1-4H3,(H,13,15)/t9?,10?,11-/m0/s1. The molecule has 0 spiro atoms. The first-order chi connectivity index (χ1) is 7.06. The number of carbonyl (C=O) groups excluding carboxylic acids is 1. The summed E-state index contributed by atoms with van der Waals surface area (Å²) >= 11 is 0. The predicted octanol–water partition coefficient (Wildman–Crippen LogP) is 1.63. The lowest BCUT2D eigenvalue weighted by atomic mass is 10.0. The molecular weight excluding hydrogens is 188 g/mol. The number of nitrogens with zero attached hydrogens (tertiary/aromatic N) is 1. The van der Waals surface area contributed by atoms with Crippen molar-refractivity contribution >= 4 is 5.91 Å². The Morgan fingerprint density at radius 2 is 2.20 bits per heavy atom. The van der Waals surface area contributed by atoms with Gasteiger partial charge < -0.3 is 5.32 Å². The average Bonchev–Trinajstić information content (AvgIpc) is 2.63. The second-order valence-electron chi connectivity index (χ2n) is 4.82. The van der Waals surface area contributed by atoms with Gasteiger partial charge >= 0.3 is 0 Å². The molecule has 1 fully saturated rings. The van der Waals surface area contributed by atoms with Crippen LogP contribution in [0.15, 0.2) is 0 Å². The van der Waals surface area contributed by atoms with Crippen LogP contribution in [0, 0.1) is 5.92 Å². The second kappa shape index (κ2) is 5.50. The van der Waals surface area contributed by atoms with Crippen LogP contribution in [0.5, 0.6) is 0 Å². The quantitative estimate of drug-likeness (QED) is 0.768. The first kappa shape index (κ1) is 12.5. The first-order valence-corrected chi connectivity index (χ1v) is 6.06. The highest BCUT2D eigenvalue weighted by Crippen LogP contribution is 2.15. The number of likely N-dealkylation sites (tertiary alicyclic amines) is 1. The molecule has 0 bridgehead atoms. The molecule has 1 aliphatic heterocycles. The molecule has 1 rings (SSSR count). The molecule has 1 amide bonds. The average molecular weight is 212 g/mol. The zero-order chi connectivity index (χ0) is 11.4. The summed E-state index contributed by atoms with van der Waals surface area (Å²) in [6, 6.07) is 0.396. The molecule has 1 heterocycles. The van der Waals surface area contributed by atoms with Crippen LogP contribution in [0.25, 0.3) is 0 Å². The van der Waals surface area contributed by atoms with Crippen LogP contribution in [0.1, 0.15) is 40.0 Å². The maximum atomic E-state index is 11.9. The fourth-order valence-electron chi connectivity index (χ4n) is 2.06. The maximum Gasteiger partial charge on any atom is 0.237 e. The van der Waals surface area contributed by atoms with Crippen molar-refractivity contribution in [1.82, 2.24) is 10.2 Å². The number of carbonyl (C=O) groups is 1. The van der Waals surface area contributed by atoms with Gasteiger partial charge in [0.2, 0.25) is 5.91 Å². The van der Waals surface area contributed by atoms with Gasteiger partial charge in [-0.05, 0) is 39.3 Å². The van der Waals surface area contributed by atoms with Crippen LogP contribution in [0.2, 0.25) is 0 Å². The summed E-state index contributed by atoms with van der Waals surface area (Å²) in [5.41, 5.74) is 0. The third kappa shape index (κ3) is 3.20. The highest BCUT2D eigenvalue weighted by molar-refractivity contribution is 5.82. The van der Waals surface area contributed by atoms with Crippen molar-refractivity contribution in [3.63, 3.8) is 0 Å². The Hall–Kier alpha value is -0.570. The number of hydrogen-bond donors (Lipinski definition) is 1. The van der Waals surface area contributed by atoms with Crippen LogP contribution in [-0.2, 0) is 4.79 Å². The van der Waals surface area contributed by atoms with Gasteiger partial charge in [-0.1, -0.05) is 20.3 Å². The molecule has 0 aromatic rings. The van der Waals surface area contributed by atoms with Crippen LogP contribution in [0.3, 0.4) is 0 Å². The van der Waals surface area contributed by atoms with E-state index in [1.165, 1.54) is 0 Å². The summed E-state index contributed by atoms with van der Waals surface area (Å²) in [5, 5.41) is 3.12. The lowest BCUT2D eigenvalue weighted by Gasteiger charge is -2.24. The molecule has 0 saturated carbocycles. The summed E-state index contributed by atoms with van der Waals surface area (Å²) in [4.78, 5) is 14.1. The molecule has 2 unspecified atom stereocenters. The molecule has 1 N–H and O–H groups in total. The van der Waals surface area contributed by atoms with Gasteiger partial charge in [0.05, 0.1) is 6.04 Å². The van der Waals surface area contributed by atoms with E-state index >= 15 is 0 Å². The molecule has 3 heteroatoms. The van der Waals surface area contributed by atoms with Crippen molar-refractivity contribution in [3.05, 3.63) is 0 Å². The zero-order valence-corrected chi connectivity index (χ0v) is 10.4. The van der Waals surface area contributed by atoms with Crippen molar-refractivity contribution in [3.8, 4) is 0 Å². The number of likely N-dealkylation sites (N-methyl/N-ethyl adjacent to an activating group) is 1. The first-order valence-electron chi connectivity index (χ1n) is 6.06. The van der Waals surface area contributed by atoms with Gasteiger partial charge in [0.1, 0.15) is 0 Å². The van der Waals surface area contributed by atoms with Crippen molar-refractivity contribution in [2.75, 3.05) is 13.6 Å². The third-order valence-corrected chi connectivity index (χ3v) is 3.69. The van der Waals surface area contributed by atoms with Crippen molar-refractivity contribution < 1.29 is 4.79 Å². The fraction of sp³-hybridized carbons (Fsp3) is 0.917. The van der Waals surface area contributed by atoms with Crippen LogP contribution in [-0.4, -0.2) is 36.5 Å². The summed E-state index contributed by atoms with van der Waals surface area (Å²) < 4.78 is 0. The van der Waals surface area contributed by atoms with Gasteiger partial charge in [-0.3, -0.25) is 9.69 Å². The topological polar surface area (TPSA) is 32.3 Å². The molecule has 1 aliphatic rings. The number of rotatable bonds is 4. The van der Waals surface area contributed by atoms with E-state index in [0.717, 1.165) is 25.8 Å². The van der Waals surface area contributed by atoms with Crippen LogP contribution >= 0.6 is 0 Å². The predicted molar refractivity (Wildman–Crippen MR) is 62.7 cm³/mol. The Kier molecular flexibility index (Phi) is 4.58. The molecule has 3 atom stereocenters. The number of nitrogens with one attached hydrogen (secondary N) is 1. The van der Waals surface area contributed by atoms with Gasteiger partial charge in [0, 0.05) is 6.04 Å². The van der Waals surface area contributed by atoms with Crippen LogP contribution in [0.4, 0.5) is 0 Å². The molecule has 3 nitrogen and oxygen atoms in total. The number of amides is 1. The van der Waals surface area contributed by atoms with E-state index < -0.39 is 0 Å². The van der Waals surface area contributed by atoms with Crippen molar-refractivity contribution in [1.29, 1.82) is 0 Å². The molecule has 0 aliphatic carbocycles. The SMILES string of the molecule is CCC(C)C(C)NC(=O)[C@@H]1CCCN1C. The zero-order valence-electron chi connectivity index (χ0n) is 10.4. The fourth-order valence-corrected chi connectivity index (χ4v) is 2.06. The van der Waals surface area contributed by atoms with Gasteiger partial charge in [0.25, 0.3) is 0 Å². The van der Waals surface area contributed by atoms with E-state index in [1.54, 1.807) is 0 Å². The van der Waals surface area contributed by atoms with E-state index in [4.69, 9.17) is 0 Å². The van der Waals surface area contributed by atoms with Gasteiger partial charge in [-0.2, -0.15) is 0 Å². The summed E-state index contributed by atoms with van der Waals surface area (Å²) in [6.07, 6.45) is 3.27. The highest BCUT2D eigenvalue weighted by Gasteiger charge is 2.28. The summed E-state index contributed by atoms with van der Waals surface area (Å²) in [7, 11) is 2.03. The van der Waals surface area contributed by atoms with E-state index in [0.29, 0.717) is 5.92 Å². The summed E-state index contributed by atoms with van der Waals surface area (Å²) in [5.74, 6) is 0.767. The molecule has 0 aromatic carbocycles. The van der Waals surface area contributed by atoms with Gasteiger partial charge in [-0.25, -0.2) is 0 Å². The largest absolute Gasteiger partial charge is 0.352 e. The Morgan fingerprint density at radius 1 is 1.53 bits per heavy atom. The highest BCUT2D eigenvalue weighted by atomic mass is 16.2. The minimum atomic E-state index is 0.108. The summed E-state index contributed by atoms with van der Waals surface area (Å²) in [6.45, 7) is 7.50. The van der Waals surface area contributed by atoms with E-state index in [9.17, 15) is 4.79 Å². The Labute approximate surface area is 93.2 Å². The normalized spacial score (nSPS) is 26.3. The molecule has 88 valence electrons. The lowest BCUT2D eigenvalue weighted by Crippen LogP contribution is -2.46. The smallest absolute Gasteiger partial charge is 0.237 e. The van der Waals surface area contributed by atoms with Crippen molar-refractivity contribution in [2.45, 2.75) is 52.1 Å². The van der Waals surface area contributed by atoms with E-state index in [1.807, 2.05) is 7.05 Å². The molecule has 0 radical (unpaired) electrons.